The first-order valence-corrected chi connectivity index (χ1v) is 6.38. The van der Waals surface area contributed by atoms with Gasteiger partial charge in [-0.2, -0.15) is 0 Å². The number of aromatic carboxylic acids is 1. The van der Waals surface area contributed by atoms with E-state index in [4.69, 9.17) is 4.42 Å². The van der Waals surface area contributed by atoms with Crippen LogP contribution in [0.25, 0.3) is 11.0 Å². The summed E-state index contributed by atoms with van der Waals surface area (Å²) in [6.07, 6.45) is 1.58. The molecule has 0 aliphatic heterocycles. The van der Waals surface area contributed by atoms with Crippen LogP contribution >= 0.6 is 0 Å². The number of benzene rings is 1. The summed E-state index contributed by atoms with van der Waals surface area (Å²) in [5.74, 6) is -0.0409. The van der Waals surface area contributed by atoms with Crippen molar-refractivity contribution in [3.8, 4) is 0 Å². The monoisotopic (exact) mass is 287 g/mol. The largest absolute Gasteiger partial charge is 0.478 e. The molecule has 2 heterocycles. The van der Waals surface area contributed by atoms with Crippen LogP contribution in [0.5, 0.6) is 0 Å². The lowest BCUT2D eigenvalue weighted by molar-refractivity contribution is 0.0699. The fourth-order valence-corrected chi connectivity index (χ4v) is 2.39. The number of H-pyrrole nitrogens is 1. The van der Waals surface area contributed by atoms with Gasteiger partial charge < -0.3 is 14.5 Å². The number of para-hydroxylation sites is 1. The number of carboxylic acids is 1. The van der Waals surface area contributed by atoms with Gasteiger partial charge in [-0.1, -0.05) is 6.07 Å². The second-order valence-corrected chi connectivity index (χ2v) is 4.79. The number of rotatable bonds is 3. The Morgan fingerprint density at radius 3 is 2.86 bits per heavy atom. The third-order valence-corrected chi connectivity index (χ3v) is 3.37. The number of hydrogen-bond donors (Lipinski definition) is 2. The van der Waals surface area contributed by atoms with E-state index in [0.717, 1.165) is 0 Å². The van der Waals surface area contributed by atoms with Crippen molar-refractivity contribution in [1.29, 1.82) is 0 Å². The predicted octanol–water partition coefficient (Wildman–Crippen LogP) is 1.93. The molecule has 7 heteroatoms. The molecule has 7 nitrogen and oxygen atoms in total. The highest BCUT2D eigenvalue weighted by atomic mass is 16.4. The number of nitrogens with one attached hydrogen (secondary N) is 1. The molecule has 1 unspecified atom stereocenters. The van der Waals surface area contributed by atoms with Gasteiger partial charge in [0.2, 0.25) is 5.89 Å². The van der Waals surface area contributed by atoms with Gasteiger partial charge in [-0.15, -0.1) is 0 Å². The second kappa shape index (κ2) is 4.62. The van der Waals surface area contributed by atoms with E-state index in [-0.39, 0.29) is 5.56 Å². The molecule has 1 atom stereocenters. The first kappa shape index (κ1) is 13.2. The Morgan fingerprint density at radius 1 is 1.48 bits per heavy atom. The molecule has 0 saturated carbocycles. The van der Waals surface area contributed by atoms with Crippen molar-refractivity contribution in [1.82, 2.24) is 14.5 Å². The van der Waals surface area contributed by atoms with Gasteiger partial charge in [0.25, 0.3) is 0 Å². The summed E-state index contributed by atoms with van der Waals surface area (Å²) in [7, 11) is 0. The normalized spacial score (nSPS) is 12.7. The molecule has 0 aliphatic carbocycles. The van der Waals surface area contributed by atoms with Crippen molar-refractivity contribution in [3.05, 3.63) is 52.1 Å². The number of hydrogen-bond acceptors (Lipinski definition) is 4. The molecule has 108 valence electrons. The average molecular weight is 287 g/mol. The lowest BCUT2D eigenvalue weighted by Crippen LogP contribution is -2.21. The summed E-state index contributed by atoms with van der Waals surface area (Å²) in [4.78, 5) is 30.1. The number of aryl methyl sites for hydroxylation is 1. The number of carbonyl (C=O) groups is 1. The summed E-state index contributed by atoms with van der Waals surface area (Å²) in [6.45, 7) is 3.54. The Labute approximate surface area is 118 Å². The molecule has 3 rings (SSSR count). The SMILES string of the molecule is Cc1cnc(C(C)n2c(=O)[nH]c3c(C(=O)O)cccc32)o1. The zero-order valence-corrected chi connectivity index (χ0v) is 11.5. The molecule has 0 radical (unpaired) electrons. The quantitative estimate of drug-likeness (QED) is 0.766. The predicted molar refractivity (Wildman–Crippen MR) is 74.6 cm³/mol. The molecular formula is C14H13N3O4. The standard InChI is InChI=1S/C14H13N3O4/c1-7-6-15-12(21-7)8(2)17-10-5-3-4-9(13(18)19)11(10)16-14(17)20/h3-6,8H,1-2H3,(H,16,20)(H,18,19). The van der Waals surface area contributed by atoms with Crippen LogP contribution in [0.1, 0.15) is 35.0 Å². The Bertz CT molecular complexity index is 887. The summed E-state index contributed by atoms with van der Waals surface area (Å²) >= 11 is 0. The van der Waals surface area contributed by atoms with Crippen LogP contribution in [-0.4, -0.2) is 25.6 Å². The van der Waals surface area contributed by atoms with Crippen LogP contribution in [-0.2, 0) is 0 Å². The molecule has 0 amide bonds. The maximum Gasteiger partial charge on any atom is 0.337 e. The molecule has 2 N–H and O–H groups in total. The lowest BCUT2D eigenvalue weighted by Gasteiger charge is -2.09. The Hall–Kier alpha value is -2.83. The minimum Gasteiger partial charge on any atom is -0.478 e. The van der Waals surface area contributed by atoms with E-state index in [0.29, 0.717) is 22.7 Å². The van der Waals surface area contributed by atoms with Gasteiger partial charge in [0.15, 0.2) is 0 Å². The molecule has 1 aromatic carbocycles. The van der Waals surface area contributed by atoms with Gasteiger partial charge in [-0.05, 0) is 26.0 Å². The van der Waals surface area contributed by atoms with E-state index in [1.54, 1.807) is 32.2 Å². The smallest absolute Gasteiger partial charge is 0.337 e. The number of aromatic nitrogens is 3. The maximum absolute atomic E-state index is 12.2. The van der Waals surface area contributed by atoms with Crippen LogP contribution in [0.2, 0.25) is 0 Å². The third-order valence-electron chi connectivity index (χ3n) is 3.37. The number of aromatic amines is 1. The van der Waals surface area contributed by atoms with Crippen molar-refractivity contribution in [2.45, 2.75) is 19.9 Å². The number of oxazole rings is 1. The highest BCUT2D eigenvalue weighted by molar-refractivity contribution is 6.00. The van der Waals surface area contributed by atoms with Crippen LogP contribution in [0.4, 0.5) is 0 Å². The van der Waals surface area contributed by atoms with Gasteiger partial charge in [-0.25, -0.2) is 14.6 Å². The van der Waals surface area contributed by atoms with Crippen LogP contribution in [0, 0.1) is 6.92 Å². The third kappa shape index (κ3) is 2.03. The Morgan fingerprint density at radius 2 is 2.24 bits per heavy atom. The number of nitrogens with zero attached hydrogens (tertiary/aromatic N) is 2. The maximum atomic E-state index is 12.2. The molecule has 21 heavy (non-hydrogen) atoms. The van der Waals surface area contributed by atoms with E-state index in [1.807, 2.05) is 0 Å². The van der Waals surface area contributed by atoms with E-state index in [2.05, 4.69) is 9.97 Å². The molecule has 0 saturated heterocycles. The van der Waals surface area contributed by atoms with Crippen molar-refractivity contribution in [2.24, 2.45) is 0 Å². The van der Waals surface area contributed by atoms with Crippen molar-refractivity contribution in [2.75, 3.05) is 0 Å². The fraction of sp³-hybridized carbons (Fsp3) is 0.214. The van der Waals surface area contributed by atoms with E-state index in [9.17, 15) is 14.7 Å². The number of fused-ring (bicyclic) bond motifs is 1. The molecule has 0 fully saturated rings. The van der Waals surface area contributed by atoms with E-state index in [1.165, 1.54) is 10.6 Å². The molecule has 0 bridgehead atoms. The number of imidazole rings is 1. The Balaban J connectivity index is 2.24. The zero-order valence-electron chi connectivity index (χ0n) is 11.5. The van der Waals surface area contributed by atoms with Crippen LogP contribution in [0.3, 0.4) is 0 Å². The van der Waals surface area contributed by atoms with Gasteiger partial charge >= 0.3 is 11.7 Å². The fourth-order valence-electron chi connectivity index (χ4n) is 2.39. The lowest BCUT2D eigenvalue weighted by atomic mass is 10.2. The van der Waals surface area contributed by atoms with Crippen LogP contribution in [0.15, 0.2) is 33.6 Å². The highest BCUT2D eigenvalue weighted by Crippen LogP contribution is 2.22. The molecular weight excluding hydrogens is 274 g/mol. The average Bonchev–Trinajstić information content (AvgIpc) is 3.00. The van der Waals surface area contributed by atoms with Gasteiger partial charge in [-0.3, -0.25) is 4.57 Å². The molecule has 0 spiro atoms. The zero-order chi connectivity index (χ0) is 15.1. The summed E-state index contributed by atoms with van der Waals surface area (Å²) in [6, 6.07) is 4.30. The second-order valence-electron chi connectivity index (χ2n) is 4.79. The first-order chi connectivity index (χ1) is 9.99. The highest BCUT2D eigenvalue weighted by Gasteiger charge is 2.21. The minimum absolute atomic E-state index is 0.0548. The molecule has 3 aromatic rings. The van der Waals surface area contributed by atoms with E-state index >= 15 is 0 Å². The summed E-state index contributed by atoms with van der Waals surface area (Å²) in [5, 5.41) is 9.18. The molecule has 0 aliphatic rings. The van der Waals surface area contributed by atoms with Crippen molar-refractivity contribution in [3.63, 3.8) is 0 Å². The summed E-state index contributed by atoms with van der Waals surface area (Å²) < 4.78 is 6.89. The topological polar surface area (TPSA) is 101 Å². The van der Waals surface area contributed by atoms with E-state index < -0.39 is 17.7 Å². The van der Waals surface area contributed by atoms with Crippen LogP contribution < -0.4 is 5.69 Å². The van der Waals surface area contributed by atoms with Gasteiger partial charge in [0.1, 0.15) is 11.8 Å². The minimum atomic E-state index is -1.09. The van der Waals surface area contributed by atoms with Gasteiger partial charge in [0.05, 0.1) is 22.8 Å². The first-order valence-electron chi connectivity index (χ1n) is 6.38. The Kier molecular flexibility index (Phi) is 2.90. The molecule has 2 aromatic heterocycles. The number of carboxylic acid groups (broad SMARTS) is 1. The summed E-state index contributed by atoms with van der Waals surface area (Å²) in [5.41, 5.74) is 0.453. The van der Waals surface area contributed by atoms with Gasteiger partial charge in [0, 0.05) is 0 Å². The van der Waals surface area contributed by atoms with Crippen molar-refractivity contribution >= 4 is 17.0 Å². The van der Waals surface area contributed by atoms with Crippen molar-refractivity contribution < 1.29 is 14.3 Å².